The van der Waals surface area contributed by atoms with Crippen LogP contribution < -0.4 is 0 Å². The molecule has 0 spiro atoms. The van der Waals surface area contributed by atoms with Gasteiger partial charge in [0.2, 0.25) is 0 Å². The van der Waals surface area contributed by atoms with Gasteiger partial charge in [-0.3, -0.25) is 4.79 Å². The summed E-state index contributed by atoms with van der Waals surface area (Å²) in [6.07, 6.45) is 16.0. The SMILES string of the molecule is CCCCC(C)(C)[C@H](O)/C=C/[C@@H]1[C@@H](C/C=C\CCCC(=O)OC)[C@@]2(c3ccccc3)CO[C@@H]1C2. The Morgan fingerprint density at radius 2 is 2.03 bits per heavy atom. The molecule has 188 valence electrons. The maximum Gasteiger partial charge on any atom is 0.305 e. The largest absolute Gasteiger partial charge is 0.469 e. The molecule has 1 aliphatic carbocycles. The minimum Gasteiger partial charge on any atom is -0.469 e. The Balaban J connectivity index is 1.74. The lowest BCUT2D eigenvalue weighted by molar-refractivity contribution is -0.140. The number of rotatable bonds is 13. The van der Waals surface area contributed by atoms with Gasteiger partial charge in [0.15, 0.2) is 0 Å². The number of unbranched alkanes of at least 4 members (excludes halogenated alkanes) is 2. The Bertz CT molecular complexity index is 827. The highest BCUT2D eigenvalue weighted by Crippen LogP contribution is 2.57. The number of aliphatic hydroxyl groups is 1. The minimum atomic E-state index is -0.458. The van der Waals surface area contributed by atoms with Crippen molar-refractivity contribution in [2.45, 2.75) is 89.8 Å². The summed E-state index contributed by atoms with van der Waals surface area (Å²) < 4.78 is 11.0. The van der Waals surface area contributed by atoms with E-state index in [1.165, 1.54) is 12.7 Å². The van der Waals surface area contributed by atoms with Gasteiger partial charge in [-0.15, -0.1) is 0 Å². The van der Waals surface area contributed by atoms with Gasteiger partial charge in [-0.2, -0.15) is 0 Å². The Hall–Kier alpha value is -1.91. The van der Waals surface area contributed by atoms with Crippen LogP contribution in [0, 0.1) is 17.3 Å². The molecule has 1 heterocycles. The number of carbonyl (C=O) groups is 1. The first kappa shape index (κ1) is 26.7. The molecule has 2 bridgehead atoms. The highest BCUT2D eigenvalue weighted by atomic mass is 16.5. The fourth-order valence-corrected chi connectivity index (χ4v) is 5.79. The van der Waals surface area contributed by atoms with E-state index >= 15 is 0 Å². The standard InChI is InChI=1S/C30H44O4/c1-5-6-20-29(2,3)27(31)19-18-24-25(16-12-7-8-13-17-28(32)33-4)30(21-26(24)34-22-30)23-14-10-9-11-15-23/h7,9-12,14-15,18-19,24-27,31H,5-6,8,13,16-17,20-22H2,1-4H3/b12-7-,19-18+/t24-,25-,26-,27-,30-/m1/s1. The van der Waals surface area contributed by atoms with Gasteiger partial charge in [0.05, 0.1) is 25.9 Å². The fraction of sp³-hybridized carbons (Fsp3) is 0.633. The predicted molar refractivity (Wildman–Crippen MR) is 138 cm³/mol. The van der Waals surface area contributed by atoms with Crippen LogP contribution in [0.1, 0.15) is 77.7 Å². The van der Waals surface area contributed by atoms with Crippen LogP contribution >= 0.6 is 0 Å². The highest BCUT2D eigenvalue weighted by molar-refractivity contribution is 5.69. The average molecular weight is 469 g/mol. The fourth-order valence-electron chi connectivity index (χ4n) is 5.79. The third-order valence-corrected chi connectivity index (χ3v) is 8.10. The first-order valence-electron chi connectivity index (χ1n) is 13.1. The number of benzene rings is 1. The monoisotopic (exact) mass is 468 g/mol. The second-order valence-corrected chi connectivity index (χ2v) is 10.9. The number of hydrogen-bond acceptors (Lipinski definition) is 4. The van der Waals surface area contributed by atoms with E-state index in [9.17, 15) is 9.90 Å². The van der Waals surface area contributed by atoms with Gasteiger partial charge in [-0.25, -0.2) is 0 Å². The summed E-state index contributed by atoms with van der Waals surface area (Å²) >= 11 is 0. The van der Waals surface area contributed by atoms with Gasteiger partial charge in [0, 0.05) is 17.8 Å². The molecule has 1 aliphatic heterocycles. The minimum absolute atomic E-state index is 0.0139. The first-order valence-corrected chi connectivity index (χ1v) is 13.1. The molecule has 0 aromatic heterocycles. The molecular formula is C30H44O4. The lowest BCUT2D eigenvalue weighted by Crippen LogP contribution is -2.39. The van der Waals surface area contributed by atoms with Crippen LogP contribution in [0.5, 0.6) is 0 Å². The van der Waals surface area contributed by atoms with Crippen molar-refractivity contribution in [3.8, 4) is 0 Å². The zero-order chi connectivity index (χ0) is 24.6. The molecule has 34 heavy (non-hydrogen) atoms. The second-order valence-electron chi connectivity index (χ2n) is 10.9. The summed E-state index contributed by atoms with van der Waals surface area (Å²) in [6.45, 7) is 7.28. The lowest BCUT2D eigenvalue weighted by Gasteiger charge is -2.38. The van der Waals surface area contributed by atoms with Crippen molar-refractivity contribution in [2.75, 3.05) is 13.7 Å². The van der Waals surface area contributed by atoms with Crippen LogP contribution in [0.2, 0.25) is 0 Å². The summed E-state index contributed by atoms with van der Waals surface area (Å²) in [6, 6.07) is 10.8. The number of aliphatic hydroxyl groups excluding tert-OH is 1. The molecule has 2 fully saturated rings. The third-order valence-electron chi connectivity index (χ3n) is 8.10. The van der Waals surface area contributed by atoms with Crippen LogP contribution in [0.3, 0.4) is 0 Å². The Labute approximate surface area is 206 Å². The van der Waals surface area contributed by atoms with Crippen molar-refractivity contribution in [1.29, 1.82) is 0 Å². The van der Waals surface area contributed by atoms with E-state index < -0.39 is 6.10 Å². The molecule has 0 radical (unpaired) electrons. The van der Waals surface area contributed by atoms with E-state index in [4.69, 9.17) is 9.47 Å². The zero-order valence-electron chi connectivity index (χ0n) is 21.5. The van der Waals surface area contributed by atoms with E-state index in [1.54, 1.807) is 0 Å². The number of esters is 1. The normalized spacial score (nSPS) is 27.6. The smallest absolute Gasteiger partial charge is 0.305 e. The number of fused-ring (bicyclic) bond motifs is 2. The maximum atomic E-state index is 11.3. The topological polar surface area (TPSA) is 55.8 Å². The molecule has 1 aromatic rings. The molecular weight excluding hydrogens is 424 g/mol. The molecule has 1 saturated heterocycles. The Morgan fingerprint density at radius 1 is 1.26 bits per heavy atom. The molecule has 1 N–H and O–H groups in total. The zero-order valence-corrected chi connectivity index (χ0v) is 21.5. The van der Waals surface area contributed by atoms with E-state index in [-0.39, 0.29) is 28.8 Å². The van der Waals surface area contributed by atoms with Gasteiger partial charge in [0.25, 0.3) is 0 Å². The van der Waals surface area contributed by atoms with Crippen LogP contribution in [-0.4, -0.2) is 37.0 Å². The Morgan fingerprint density at radius 3 is 2.74 bits per heavy atom. The average Bonchev–Trinajstić information content (AvgIpc) is 3.42. The molecule has 0 unspecified atom stereocenters. The lowest BCUT2D eigenvalue weighted by atomic mass is 9.69. The van der Waals surface area contributed by atoms with Crippen molar-refractivity contribution < 1.29 is 19.4 Å². The number of allylic oxidation sites excluding steroid dienone is 2. The molecule has 4 nitrogen and oxygen atoms in total. The van der Waals surface area contributed by atoms with Gasteiger partial charge in [-0.05, 0) is 49.0 Å². The third kappa shape index (κ3) is 6.20. The van der Waals surface area contributed by atoms with Crippen molar-refractivity contribution >= 4 is 5.97 Å². The summed E-state index contributed by atoms with van der Waals surface area (Å²) in [7, 11) is 1.44. The number of ether oxygens (including phenoxy) is 2. The van der Waals surface area contributed by atoms with E-state index in [1.807, 2.05) is 6.08 Å². The molecule has 3 rings (SSSR count). The van der Waals surface area contributed by atoms with E-state index in [2.05, 4.69) is 69.3 Å². The van der Waals surface area contributed by atoms with Gasteiger partial charge in [0.1, 0.15) is 0 Å². The van der Waals surface area contributed by atoms with E-state index in [0.29, 0.717) is 12.3 Å². The van der Waals surface area contributed by atoms with Crippen molar-refractivity contribution in [3.05, 3.63) is 60.2 Å². The van der Waals surface area contributed by atoms with Crippen molar-refractivity contribution in [1.82, 2.24) is 0 Å². The summed E-state index contributed by atoms with van der Waals surface area (Å²) in [4.78, 5) is 11.3. The van der Waals surface area contributed by atoms with E-state index in [0.717, 1.165) is 51.6 Å². The molecule has 1 saturated carbocycles. The van der Waals surface area contributed by atoms with Crippen LogP contribution in [-0.2, 0) is 19.7 Å². The van der Waals surface area contributed by atoms with Crippen LogP contribution in [0.25, 0.3) is 0 Å². The first-order chi connectivity index (χ1) is 16.3. The van der Waals surface area contributed by atoms with Gasteiger partial charge in [-0.1, -0.05) is 88.2 Å². The van der Waals surface area contributed by atoms with Crippen LogP contribution in [0.4, 0.5) is 0 Å². The quantitative estimate of drug-likeness (QED) is 0.207. The number of carbonyl (C=O) groups excluding carboxylic acids is 1. The van der Waals surface area contributed by atoms with Gasteiger partial charge < -0.3 is 14.6 Å². The summed E-state index contributed by atoms with van der Waals surface area (Å²) in [5.74, 6) is 0.560. The number of methoxy groups -OCH3 is 1. The maximum absolute atomic E-state index is 11.3. The second kappa shape index (κ2) is 12.2. The van der Waals surface area contributed by atoms with Crippen molar-refractivity contribution in [2.24, 2.45) is 17.3 Å². The Kier molecular flexibility index (Phi) is 9.56. The highest BCUT2D eigenvalue weighted by Gasteiger charge is 2.58. The molecule has 4 heteroatoms. The van der Waals surface area contributed by atoms with Crippen LogP contribution in [0.15, 0.2) is 54.6 Å². The molecule has 0 amide bonds. The molecule has 2 aliphatic rings. The molecule has 1 aromatic carbocycles. The van der Waals surface area contributed by atoms with Crippen molar-refractivity contribution in [3.63, 3.8) is 0 Å². The molecule has 5 atom stereocenters. The summed E-state index contributed by atoms with van der Waals surface area (Å²) in [5, 5.41) is 11.0. The number of hydrogen-bond donors (Lipinski definition) is 1. The summed E-state index contributed by atoms with van der Waals surface area (Å²) in [5.41, 5.74) is 1.25. The predicted octanol–water partition coefficient (Wildman–Crippen LogP) is 6.38. The van der Waals surface area contributed by atoms with Gasteiger partial charge >= 0.3 is 5.97 Å².